The first-order valence-electron chi connectivity index (χ1n) is 4.85. The molecule has 0 amide bonds. The topological polar surface area (TPSA) is 80.5 Å². The number of aromatic amines is 1. The fourth-order valence-corrected chi connectivity index (χ4v) is 1.56. The van der Waals surface area contributed by atoms with Crippen LogP contribution in [0.3, 0.4) is 0 Å². The highest BCUT2D eigenvalue weighted by molar-refractivity contribution is 5.77. The van der Waals surface area contributed by atoms with E-state index in [2.05, 4.69) is 19.9 Å². The van der Waals surface area contributed by atoms with Gasteiger partial charge < -0.3 is 10.7 Å². The largest absolute Gasteiger partial charge is 0.384 e. The zero-order chi connectivity index (χ0) is 11.0. The fraction of sp³-hybridized carbons (Fsp3) is 0. The Morgan fingerprint density at radius 1 is 1.12 bits per heavy atom. The average Bonchev–Trinajstić information content (AvgIpc) is 2.72. The summed E-state index contributed by atoms with van der Waals surface area (Å²) in [6.07, 6.45) is 3.44. The van der Waals surface area contributed by atoms with Crippen molar-refractivity contribution in [3.63, 3.8) is 0 Å². The van der Waals surface area contributed by atoms with Gasteiger partial charge in [0.2, 0.25) is 0 Å². The number of hydrogen-bond acceptors (Lipinski definition) is 4. The molecule has 5 nitrogen and oxygen atoms in total. The Balaban J connectivity index is 2.19. The second kappa shape index (κ2) is 3.30. The van der Waals surface area contributed by atoms with E-state index in [0.717, 1.165) is 16.7 Å². The number of nitrogen functional groups attached to an aromatic ring is 1. The van der Waals surface area contributed by atoms with Gasteiger partial charge in [-0.05, 0) is 18.2 Å². The summed E-state index contributed by atoms with van der Waals surface area (Å²) in [7, 11) is 0. The molecule has 0 spiro atoms. The Kier molecular flexibility index (Phi) is 1.83. The van der Waals surface area contributed by atoms with Gasteiger partial charge >= 0.3 is 0 Å². The van der Waals surface area contributed by atoms with Crippen LogP contribution >= 0.6 is 0 Å². The van der Waals surface area contributed by atoms with Gasteiger partial charge in [0, 0.05) is 6.20 Å². The molecular weight excluding hydrogens is 202 g/mol. The summed E-state index contributed by atoms with van der Waals surface area (Å²) in [5, 5.41) is 0. The summed E-state index contributed by atoms with van der Waals surface area (Å²) < 4.78 is 0. The fourth-order valence-electron chi connectivity index (χ4n) is 1.56. The van der Waals surface area contributed by atoms with E-state index in [9.17, 15) is 0 Å². The van der Waals surface area contributed by atoms with Crippen LogP contribution in [0.5, 0.6) is 0 Å². The first-order chi connectivity index (χ1) is 7.83. The minimum atomic E-state index is 0.482. The number of fused-ring (bicyclic) bond motifs is 1. The van der Waals surface area contributed by atoms with Gasteiger partial charge in [-0.15, -0.1) is 0 Å². The second-order valence-corrected chi connectivity index (χ2v) is 3.43. The van der Waals surface area contributed by atoms with Crippen LogP contribution < -0.4 is 5.73 Å². The molecule has 3 rings (SSSR count). The first-order valence-corrected chi connectivity index (χ1v) is 4.85. The maximum atomic E-state index is 5.63. The number of hydrogen-bond donors (Lipinski definition) is 2. The van der Waals surface area contributed by atoms with Crippen LogP contribution in [-0.4, -0.2) is 19.9 Å². The van der Waals surface area contributed by atoms with Crippen molar-refractivity contribution in [2.24, 2.45) is 0 Å². The molecule has 0 saturated carbocycles. The standard InChI is InChI=1S/C11H9N5/c12-10-3-1-2-8(14-10)11-15-7-4-5-13-6-9(7)16-11/h1-6H,(H2,12,14)(H,15,16). The van der Waals surface area contributed by atoms with Gasteiger partial charge in [-0.2, -0.15) is 0 Å². The second-order valence-electron chi connectivity index (χ2n) is 3.43. The maximum absolute atomic E-state index is 5.63. The van der Waals surface area contributed by atoms with Gasteiger partial charge in [0.15, 0.2) is 5.82 Å². The molecule has 0 bridgehead atoms. The molecule has 78 valence electrons. The smallest absolute Gasteiger partial charge is 0.157 e. The highest BCUT2D eigenvalue weighted by atomic mass is 15.0. The molecule has 0 aromatic carbocycles. The van der Waals surface area contributed by atoms with Crippen LogP contribution in [0.25, 0.3) is 22.6 Å². The number of nitrogens with one attached hydrogen (secondary N) is 1. The van der Waals surface area contributed by atoms with Gasteiger partial charge in [0.25, 0.3) is 0 Å². The average molecular weight is 211 g/mol. The molecule has 3 heterocycles. The zero-order valence-corrected chi connectivity index (χ0v) is 8.38. The molecule has 0 aliphatic heterocycles. The van der Waals surface area contributed by atoms with Crippen LogP contribution in [0.4, 0.5) is 5.82 Å². The number of pyridine rings is 2. The van der Waals surface area contributed by atoms with Gasteiger partial charge in [0.1, 0.15) is 11.5 Å². The quantitative estimate of drug-likeness (QED) is 0.640. The molecule has 16 heavy (non-hydrogen) atoms. The number of nitrogens with zero attached hydrogens (tertiary/aromatic N) is 3. The van der Waals surface area contributed by atoms with E-state index in [-0.39, 0.29) is 0 Å². The molecule has 0 saturated heterocycles. The van der Waals surface area contributed by atoms with Crippen molar-refractivity contribution >= 4 is 16.9 Å². The summed E-state index contributed by atoms with van der Waals surface area (Å²) >= 11 is 0. The highest BCUT2D eigenvalue weighted by Crippen LogP contribution is 2.18. The molecule has 0 radical (unpaired) electrons. The Labute approximate surface area is 91.4 Å². The van der Waals surface area contributed by atoms with E-state index in [0.29, 0.717) is 11.6 Å². The van der Waals surface area contributed by atoms with Crippen molar-refractivity contribution in [1.29, 1.82) is 0 Å². The molecule has 3 aromatic heterocycles. The third-order valence-corrected chi connectivity index (χ3v) is 2.30. The lowest BCUT2D eigenvalue weighted by Gasteiger charge is -1.96. The van der Waals surface area contributed by atoms with Crippen molar-refractivity contribution in [1.82, 2.24) is 19.9 Å². The third-order valence-electron chi connectivity index (χ3n) is 2.30. The summed E-state index contributed by atoms with van der Waals surface area (Å²) in [4.78, 5) is 15.8. The normalized spacial score (nSPS) is 10.8. The summed E-state index contributed by atoms with van der Waals surface area (Å²) in [5.41, 5.74) is 8.12. The summed E-state index contributed by atoms with van der Waals surface area (Å²) in [6, 6.07) is 7.31. The Morgan fingerprint density at radius 3 is 2.88 bits per heavy atom. The van der Waals surface area contributed by atoms with Crippen LogP contribution in [-0.2, 0) is 0 Å². The minimum absolute atomic E-state index is 0.482. The number of rotatable bonds is 1. The van der Waals surface area contributed by atoms with E-state index in [1.807, 2.05) is 18.2 Å². The molecule has 3 aromatic rings. The highest BCUT2D eigenvalue weighted by Gasteiger charge is 2.05. The predicted octanol–water partition coefficient (Wildman–Crippen LogP) is 1.60. The number of nitrogens with two attached hydrogens (primary N) is 1. The van der Waals surface area contributed by atoms with Crippen LogP contribution in [0.2, 0.25) is 0 Å². The van der Waals surface area contributed by atoms with Gasteiger partial charge in [0.05, 0.1) is 17.2 Å². The van der Waals surface area contributed by atoms with Crippen LogP contribution in [0.1, 0.15) is 0 Å². The Morgan fingerprint density at radius 2 is 2.06 bits per heavy atom. The molecular formula is C11H9N5. The molecule has 0 atom stereocenters. The molecule has 0 fully saturated rings. The molecule has 0 aliphatic carbocycles. The number of aromatic nitrogens is 4. The van der Waals surface area contributed by atoms with E-state index >= 15 is 0 Å². The summed E-state index contributed by atoms with van der Waals surface area (Å²) in [6.45, 7) is 0. The lowest BCUT2D eigenvalue weighted by Crippen LogP contribution is -1.92. The first kappa shape index (κ1) is 8.84. The number of H-pyrrole nitrogens is 1. The molecule has 0 unspecified atom stereocenters. The number of imidazole rings is 1. The van der Waals surface area contributed by atoms with Crippen LogP contribution in [0, 0.1) is 0 Å². The lowest BCUT2D eigenvalue weighted by atomic mass is 10.3. The lowest BCUT2D eigenvalue weighted by molar-refractivity contribution is 1.24. The number of anilines is 1. The Bertz CT molecular complexity index is 610. The van der Waals surface area contributed by atoms with Gasteiger partial charge in [-0.1, -0.05) is 6.07 Å². The Hall–Kier alpha value is -2.43. The summed E-state index contributed by atoms with van der Waals surface area (Å²) in [5.74, 6) is 1.19. The zero-order valence-electron chi connectivity index (χ0n) is 8.38. The van der Waals surface area contributed by atoms with E-state index in [1.165, 1.54) is 0 Å². The predicted molar refractivity (Wildman–Crippen MR) is 61.5 cm³/mol. The van der Waals surface area contributed by atoms with Crippen molar-refractivity contribution in [3.05, 3.63) is 36.7 Å². The SMILES string of the molecule is Nc1cccc(-c2nc3ccncc3[nH]2)n1. The van der Waals surface area contributed by atoms with Crippen molar-refractivity contribution in [2.75, 3.05) is 5.73 Å². The molecule has 5 heteroatoms. The minimum Gasteiger partial charge on any atom is -0.384 e. The van der Waals surface area contributed by atoms with Crippen molar-refractivity contribution in [3.8, 4) is 11.5 Å². The van der Waals surface area contributed by atoms with Crippen molar-refractivity contribution in [2.45, 2.75) is 0 Å². The molecule has 3 N–H and O–H groups in total. The van der Waals surface area contributed by atoms with Gasteiger partial charge in [-0.25, -0.2) is 9.97 Å². The monoisotopic (exact) mass is 211 g/mol. The van der Waals surface area contributed by atoms with Gasteiger partial charge in [-0.3, -0.25) is 4.98 Å². The van der Waals surface area contributed by atoms with E-state index in [1.54, 1.807) is 18.5 Å². The van der Waals surface area contributed by atoms with Crippen LogP contribution in [0.15, 0.2) is 36.7 Å². The van der Waals surface area contributed by atoms with Crippen molar-refractivity contribution < 1.29 is 0 Å². The molecule has 0 aliphatic rings. The maximum Gasteiger partial charge on any atom is 0.157 e. The van der Waals surface area contributed by atoms with E-state index < -0.39 is 0 Å². The van der Waals surface area contributed by atoms with E-state index in [4.69, 9.17) is 5.73 Å². The third kappa shape index (κ3) is 1.38.